The molecule has 0 unspecified atom stereocenters. The molecule has 0 bridgehead atoms. The second-order valence-corrected chi connectivity index (χ2v) is 6.12. The summed E-state index contributed by atoms with van der Waals surface area (Å²) in [7, 11) is 0. The summed E-state index contributed by atoms with van der Waals surface area (Å²) in [6, 6.07) is 6.99. The fourth-order valence-electron chi connectivity index (χ4n) is 3.49. The molecule has 0 N–H and O–H groups in total. The molecule has 1 atom stereocenters. The number of hydrogen-bond donors (Lipinski definition) is 0. The number of hydrogen-bond acceptors (Lipinski definition) is 2. The summed E-state index contributed by atoms with van der Waals surface area (Å²) in [5.41, 5.74) is 1.13. The molecule has 3 rings (SSSR count). The van der Waals surface area contributed by atoms with Crippen LogP contribution in [-0.2, 0) is 4.79 Å². The molecule has 0 radical (unpaired) electrons. The second-order valence-electron chi connectivity index (χ2n) is 6.12. The monoisotopic (exact) mass is 290 g/mol. The highest BCUT2D eigenvalue weighted by Gasteiger charge is 2.29. The van der Waals surface area contributed by atoms with Crippen molar-refractivity contribution in [2.24, 2.45) is 0 Å². The number of rotatable bonds is 3. The first kappa shape index (κ1) is 14.5. The van der Waals surface area contributed by atoms with Gasteiger partial charge in [0.15, 0.2) is 0 Å². The summed E-state index contributed by atoms with van der Waals surface area (Å²) in [5, 5.41) is 0. The van der Waals surface area contributed by atoms with Gasteiger partial charge >= 0.3 is 0 Å². The molecule has 21 heavy (non-hydrogen) atoms. The molecular formula is C17H23FN2O. The van der Waals surface area contributed by atoms with Gasteiger partial charge in [0.1, 0.15) is 5.82 Å². The quantitative estimate of drug-likeness (QED) is 0.854. The van der Waals surface area contributed by atoms with Crippen molar-refractivity contribution >= 4 is 5.91 Å². The number of piperidine rings is 1. The highest BCUT2D eigenvalue weighted by Crippen LogP contribution is 2.31. The molecule has 0 saturated carbocycles. The zero-order valence-electron chi connectivity index (χ0n) is 12.4. The Bertz CT molecular complexity index is 482. The number of halogens is 1. The van der Waals surface area contributed by atoms with Crippen LogP contribution in [0.4, 0.5) is 4.39 Å². The van der Waals surface area contributed by atoms with Crippen LogP contribution in [0.5, 0.6) is 0 Å². The maximum Gasteiger partial charge on any atom is 0.236 e. The molecule has 0 aliphatic carbocycles. The number of carbonyl (C=O) groups is 1. The van der Waals surface area contributed by atoms with Crippen molar-refractivity contribution in [1.29, 1.82) is 0 Å². The zero-order chi connectivity index (χ0) is 14.7. The van der Waals surface area contributed by atoms with E-state index in [2.05, 4.69) is 4.90 Å². The van der Waals surface area contributed by atoms with Gasteiger partial charge in [0.25, 0.3) is 0 Å². The molecule has 1 aromatic carbocycles. The minimum absolute atomic E-state index is 0.201. The van der Waals surface area contributed by atoms with E-state index in [1.165, 1.54) is 18.6 Å². The lowest BCUT2D eigenvalue weighted by molar-refractivity contribution is -0.133. The molecule has 2 heterocycles. The van der Waals surface area contributed by atoms with Crippen LogP contribution in [0.2, 0.25) is 0 Å². The summed E-state index contributed by atoms with van der Waals surface area (Å²) in [6.07, 6.45) is 5.67. The van der Waals surface area contributed by atoms with E-state index in [0.717, 1.165) is 50.9 Å². The highest BCUT2D eigenvalue weighted by atomic mass is 19.1. The van der Waals surface area contributed by atoms with Crippen molar-refractivity contribution in [3.8, 4) is 0 Å². The summed E-state index contributed by atoms with van der Waals surface area (Å²) >= 11 is 0. The average Bonchev–Trinajstić information content (AvgIpc) is 2.97. The van der Waals surface area contributed by atoms with Crippen LogP contribution in [0.15, 0.2) is 24.3 Å². The lowest BCUT2D eigenvalue weighted by Crippen LogP contribution is -2.42. The minimum atomic E-state index is -0.201. The first-order chi connectivity index (χ1) is 10.2. The Labute approximate surface area is 125 Å². The number of nitrogens with zero attached hydrogens (tertiary/aromatic N) is 2. The molecule has 1 aromatic rings. The molecule has 2 aliphatic rings. The Kier molecular flexibility index (Phi) is 4.54. The van der Waals surface area contributed by atoms with Crippen LogP contribution in [0.1, 0.15) is 43.7 Å². The first-order valence-electron chi connectivity index (χ1n) is 8.01. The summed E-state index contributed by atoms with van der Waals surface area (Å²) in [4.78, 5) is 16.7. The van der Waals surface area contributed by atoms with Crippen molar-refractivity contribution in [1.82, 2.24) is 9.80 Å². The predicted molar refractivity (Wildman–Crippen MR) is 80.4 cm³/mol. The van der Waals surface area contributed by atoms with Gasteiger partial charge in [-0.25, -0.2) is 4.39 Å². The van der Waals surface area contributed by atoms with Crippen molar-refractivity contribution < 1.29 is 9.18 Å². The van der Waals surface area contributed by atoms with E-state index >= 15 is 0 Å². The smallest absolute Gasteiger partial charge is 0.236 e. The van der Waals surface area contributed by atoms with Gasteiger partial charge in [-0.3, -0.25) is 9.69 Å². The number of carbonyl (C=O) groups excluding carboxylic acids is 1. The van der Waals surface area contributed by atoms with E-state index < -0.39 is 0 Å². The fourth-order valence-corrected chi connectivity index (χ4v) is 3.49. The molecule has 1 amide bonds. The molecule has 2 saturated heterocycles. The maximum absolute atomic E-state index is 13.0. The van der Waals surface area contributed by atoms with Gasteiger partial charge in [0, 0.05) is 19.1 Å². The largest absolute Gasteiger partial charge is 0.342 e. The Hall–Kier alpha value is -1.42. The third-order valence-electron chi connectivity index (χ3n) is 4.67. The third kappa shape index (κ3) is 3.43. The van der Waals surface area contributed by atoms with Crippen LogP contribution < -0.4 is 0 Å². The summed E-state index contributed by atoms with van der Waals surface area (Å²) in [5.74, 6) is 0.0522. The van der Waals surface area contributed by atoms with Crippen LogP contribution in [-0.4, -0.2) is 41.9 Å². The van der Waals surface area contributed by atoms with Crippen LogP contribution in [0.25, 0.3) is 0 Å². The molecule has 2 aliphatic heterocycles. The van der Waals surface area contributed by atoms with E-state index in [-0.39, 0.29) is 17.8 Å². The highest BCUT2D eigenvalue weighted by molar-refractivity contribution is 5.78. The van der Waals surface area contributed by atoms with Crippen LogP contribution in [0, 0.1) is 5.82 Å². The number of amides is 1. The molecule has 4 heteroatoms. The van der Waals surface area contributed by atoms with Gasteiger partial charge in [-0.05, 0) is 56.3 Å². The Morgan fingerprint density at radius 2 is 1.76 bits per heavy atom. The van der Waals surface area contributed by atoms with E-state index in [4.69, 9.17) is 0 Å². The van der Waals surface area contributed by atoms with Gasteiger partial charge in [-0.15, -0.1) is 0 Å². The lowest BCUT2D eigenvalue weighted by atomic mass is 10.0. The van der Waals surface area contributed by atoms with E-state index in [9.17, 15) is 9.18 Å². The number of benzene rings is 1. The van der Waals surface area contributed by atoms with Gasteiger partial charge in [-0.2, -0.15) is 0 Å². The van der Waals surface area contributed by atoms with E-state index in [1.54, 1.807) is 0 Å². The van der Waals surface area contributed by atoms with Crippen molar-refractivity contribution in [3.05, 3.63) is 35.6 Å². The molecule has 3 nitrogen and oxygen atoms in total. The number of likely N-dealkylation sites (tertiary alicyclic amines) is 2. The van der Waals surface area contributed by atoms with Gasteiger partial charge in [-0.1, -0.05) is 12.1 Å². The summed E-state index contributed by atoms with van der Waals surface area (Å²) < 4.78 is 13.0. The maximum atomic E-state index is 13.0. The van der Waals surface area contributed by atoms with Crippen LogP contribution in [0.3, 0.4) is 0 Å². The molecule has 0 spiro atoms. The fraction of sp³-hybridized carbons (Fsp3) is 0.588. The molecule has 0 aromatic heterocycles. The van der Waals surface area contributed by atoms with E-state index in [1.807, 2.05) is 17.0 Å². The predicted octanol–water partition coefficient (Wildman–Crippen LogP) is 2.98. The Balaban J connectivity index is 1.63. The first-order valence-corrected chi connectivity index (χ1v) is 8.01. The van der Waals surface area contributed by atoms with Gasteiger partial charge in [0.2, 0.25) is 5.91 Å². The Morgan fingerprint density at radius 1 is 1.05 bits per heavy atom. The second kappa shape index (κ2) is 6.56. The zero-order valence-corrected chi connectivity index (χ0v) is 12.4. The average molecular weight is 290 g/mol. The standard InChI is InChI=1S/C17H23FN2O/c18-15-8-6-14(7-9-15)16-5-4-12-20(16)13-17(21)19-10-2-1-3-11-19/h6-9,16H,1-5,10-13H2/t16-/m1/s1. The Morgan fingerprint density at radius 3 is 2.48 bits per heavy atom. The lowest BCUT2D eigenvalue weighted by Gasteiger charge is -2.30. The minimum Gasteiger partial charge on any atom is -0.342 e. The molecule has 114 valence electrons. The third-order valence-corrected chi connectivity index (χ3v) is 4.67. The molecule has 2 fully saturated rings. The van der Waals surface area contributed by atoms with Crippen molar-refractivity contribution in [2.75, 3.05) is 26.2 Å². The van der Waals surface area contributed by atoms with Crippen molar-refractivity contribution in [3.63, 3.8) is 0 Å². The van der Waals surface area contributed by atoms with Crippen molar-refractivity contribution in [2.45, 2.75) is 38.1 Å². The van der Waals surface area contributed by atoms with Crippen LogP contribution >= 0.6 is 0 Å². The molecular weight excluding hydrogens is 267 g/mol. The topological polar surface area (TPSA) is 23.6 Å². The van der Waals surface area contributed by atoms with Gasteiger partial charge in [0.05, 0.1) is 6.54 Å². The van der Waals surface area contributed by atoms with Gasteiger partial charge < -0.3 is 4.90 Å². The SMILES string of the molecule is O=C(CN1CCC[C@@H]1c1ccc(F)cc1)N1CCCCC1. The van der Waals surface area contributed by atoms with E-state index in [0.29, 0.717) is 6.54 Å². The summed E-state index contributed by atoms with van der Waals surface area (Å²) in [6.45, 7) is 3.28. The normalized spacial score (nSPS) is 23.5.